The molecule has 3 N–H and O–H groups in total. The van der Waals surface area contributed by atoms with Crippen LogP contribution in [0.5, 0.6) is 0 Å². The van der Waals surface area contributed by atoms with Gasteiger partial charge in [0.25, 0.3) is 0 Å². The first-order valence-electron chi connectivity index (χ1n) is 6.01. The summed E-state index contributed by atoms with van der Waals surface area (Å²) in [6, 6.07) is 0. The first kappa shape index (κ1) is 15.3. The monoisotopic (exact) mass is 233 g/mol. The van der Waals surface area contributed by atoms with Gasteiger partial charge in [-0.2, -0.15) is 11.8 Å². The zero-order chi connectivity index (χ0) is 11.7. The minimum atomic E-state index is -0.335. The molecule has 0 aromatic rings. The standard InChI is InChI=1S/C12H27NOS/c1-4-12(13,10-14)7-5-8-15-9-6-11(2)3/h11,14H,4-10,13H2,1-3H3. The van der Waals surface area contributed by atoms with E-state index in [1.54, 1.807) is 0 Å². The Morgan fingerprint density at radius 3 is 2.47 bits per heavy atom. The maximum atomic E-state index is 9.13. The molecule has 0 aliphatic rings. The lowest BCUT2D eigenvalue weighted by molar-refractivity contribution is 0.182. The molecule has 0 aliphatic heterocycles. The Labute approximate surface area is 99.0 Å². The third-order valence-corrected chi connectivity index (χ3v) is 3.92. The molecule has 15 heavy (non-hydrogen) atoms. The van der Waals surface area contributed by atoms with Crippen LogP contribution in [-0.2, 0) is 0 Å². The first-order valence-corrected chi connectivity index (χ1v) is 7.17. The van der Waals surface area contributed by atoms with E-state index < -0.39 is 0 Å². The highest BCUT2D eigenvalue weighted by atomic mass is 32.2. The van der Waals surface area contributed by atoms with Crippen molar-refractivity contribution in [2.45, 2.75) is 52.0 Å². The van der Waals surface area contributed by atoms with Gasteiger partial charge in [-0.05, 0) is 43.1 Å². The molecular formula is C12H27NOS. The minimum Gasteiger partial charge on any atom is -0.394 e. The molecule has 0 saturated carbocycles. The molecule has 0 saturated heterocycles. The summed E-state index contributed by atoms with van der Waals surface area (Å²) in [7, 11) is 0. The van der Waals surface area contributed by atoms with Gasteiger partial charge in [0, 0.05) is 5.54 Å². The molecule has 0 aromatic heterocycles. The van der Waals surface area contributed by atoms with Crippen molar-refractivity contribution >= 4 is 11.8 Å². The van der Waals surface area contributed by atoms with Gasteiger partial charge in [-0.25, -0.2) is 0 Å². The third-order valence-electron chi connectivity index (χ3n) is 2.82. The maximum Gasteiger partial charge on any atom is 0.0611 e. The van der Waals surface area contributed by atoms with Gasteiger partial charge in [-0.15, -0.1) is 0 Å². The van der Waals surface area contributed by atoms with Crippen LogP contribution in [0.4, 0.5) is 0 Å². The second-order valence-electron chi connectivity index (χ2n) is 4.77. The summed E-state index contributed by atoms with van der Waals surface area (Å²) < 4.78 is 0. The van der Waals surface area contributed by atoms with E-state index in [0.717, 1.165) is 25.2 Å². The van der Waals surface area contributed by atoms with E-state index in [-0.39, 0.29) is 12.1 Å². The van der Waals surface area contributed by atoms with Crippen molar-refractivity contribution in [3.05, 3.63) is 0 Å². The van der Waals surface area contributed by atoms with Gasteiger partial charge in [0.1, 0.15) is 0 Å². The Hall–Kier alpha value is 0.270. The predicted molar refractivity (Wildman–Crippen MR) is 70.3 cm³/mol. The summed E-state index contributed by atoms with van der Waals surface area (Å²) >= 11 is 2.01. The van der Waals surface area contributed by atoms with E-state index in [1.807, 2.05) is 18.7 Å². The van der Waals surface area contributed by atoms with Crippen LogP contribution in [-0.4, -0.2) is 28.8 Å². The summed E-state index contributed by atoms with van der Waals surface area (Å²) in [6.45, 7) is 6.67. The van der Waals surface area contributed by atoms with Gasteiger partial charge < -0.3 is 10.8 Å². The number of hydrogen-bond donors (Lipinski definition) is 2. The molecule has 1 unspecified atom stereocenters. The van der Waals surface area contributed by atoms with Crippen molar-refractivity contribution in [2.75, 3.05) is 18.1 Å². The average molecular weight is 233 g/mol. The fourth-order valence-corrected chi connectivity index (χ4v) is 2.51. The van der Waals surface area contributed by atoms with Crippen molar-refractivity contribution in [3.8, 4) is 0 Å². The van der Waals surface area contributed by atoms with E-state index in [1.165, 1.54) is 17.9 Å². The number of rotatable bonds is 9. The summed E-state index contributed by atoms with van der Waals surface area (Å²) in [5.41, 5.74) is 5.67. The Morgan fingerprint density at radius 1 is 1.33 bits per heavy atom. The third kappa shape index (κ3) is 8.12. The van der Waals surface area contributed by atoms with Gasteiger partial charge >= 0.3 is 0 Å². The Bertz CT molecular complexity index is 147. The van der Waals surface area contributed by atoms with Crippen molar-refractivity contribution in [3.63, 3.8) is 0 Å². The molecular weight excluding hydrogens is 206 g/mol. The number of nitrogens with two attached hydrogens (primary N) is 1. The van der Waals surface area contributed by atoms with E-state index in [9.17, 15) is 0 Å². The fourth-order valence-electron chi connectivity index (χ4n) is 1.32. The minimum absolute atomic E-state index is 0.111. The molecule has 0 heterocycles. The molecule has 1 atom stereocenters. The van der Waals surface area contributed by atoms with Crippen LogP contribution in [0.1, 0.15) is 46.5 Å². The van der Waals surface area contributed by atoms with Gasteiger partial charge in [0.05, 0.1) is 6.61 Å². The molecule has 0 amide bonds. The zero-order valence-corrected chi connectivity index (χ0v) is 11.3. The second-order valence-corrected chi connectivity index (χ2v) is 6.00. The average Bonchev–Trinajstić information content (AvgIpc) is 2.22. The molecule has 0 aromatic carbocycles. The van der Waals surface area contributed by atoms with Crippen LogP contribution in [0.2, 0.25) is 0 Å². The topological polar surface area (TPSA) is 46.2 Å². The van der Waals surface area contributed by atoms with Crippen LogP contribution in [0, 0.1) is 5.92 Å². The van der Waals surface area contributed by atoms with Crippen LogP contribution in [0.15, 0.2) is 0 Å². The number of thioether (sulfide) groups is 1. The Balaban J connectivity index is 3.37. The van der Waals surface area contributed by atoms with Gasteiger partial charge in [-0.3, -0.25) is 0 Å². The van der Waals surface area contributed by atoms with E-state index in [0.29, 0.717) is 0 Å². The highest BCUT2D eigenvalue weighted by molar-refractivity contribution is 7.99. The van der Waals surface area contributed by atoms with Crippen LogP contribution < -0.4 is 5.73 Å². The van der Waals surface area contributed by atoms with Crippen molar-refractivity contribution in [2.24, 2.45) is 11.7 Å². The van der Waals surface area contributed by atoms with Crippen molar-refractivity contribution in [1.82, 2.24) is 0 Å². The SMILES string of the molecule is CCC(N)(CO)CCCSCCC(C)C. The molecule has 0 bridgehead atoms. The molecule has 92 valence electrons. The highest BCUT2D eigenvalue weighted by Gasteiger charge is 2.20. The van der Waals surface area contributed by atoms with Crippen LogP contribution in [0.25, 0.3) is 0 Å². The fraction of sp³-hybridized carbons (Fsp3) is 1.00. The van der Waals surface area contributed by atoms with Gasteiger partial charge in [0.15, 0.2) is 0 Å². The van der Waals surface area contributed by atoms with Crippen LogP contribution in [0.3, 0.4) is 0 Å². The zero-order valence-electron chi connectivity index (χ0n) is 10.5. The highest BCUT2D eigenvalue weighted by Crippen LogP contribution is 2.17. The summed E-state index contributed by atoms with van der Waals surface area (Å²) in [5, 5.41) is 9.13. The smallest absolute Gasteiger partial charge is 0.0611 e. The first-order chi connectivity index (χ1) is 7.04. The number of hydrogen-bond acceptors (Lipinski definition) is 3. The molecule has 0 radical (unpaired) electrons. The Morgan fingerprint density at radius 2 is 2.00 bits per heavy atom. The lowest BCUT2D eigenvalue weighted by Crippen LogP contribution is -2.42. The lowest BCUT2D eigenvalue weighted by atomic mass is 9.93. The van der Waals surface area contributed by atoms with E-state index in [4.69, 9.17) is 10.8 Å². The lowest BCUT2D eigenvalue weighted by Gasteiger charge is -2.25. The molecule has 0 aliphatic carbocycles. The largest absolute Gasteiger partial charge is 0.394 e. The summed E-state index contributed by atoms with van der Waals surface area (Å²) in [6.07, 6.45) is 4.22. The number of aliphatic hydroxyl groups excluding tert-OH is 1. The number of aliphatic hydroxyl groups is 1. The predicted octanol–water partition coefficient (Wildman–Crippen LogP) is 2.65. The van der Waals surface area contributed by atoms with Crippen LogP contribution >= 0.6 is 11.8 Å². The van der Waals surface area contributed by atoms with Crippen molar-refractivity contribution < 1.29 is 5.11 Å². The molecule has 0 spiro atoms. The quantitative estimate of drug-likeness (QED) is 0.602. The molecule has 3 heteroatoms. The van der Waals surface area contributed by atoms with Gasteiger partial charge in [-0.1, -0.05) is 20.8 Å². The van der Waals surface area contributed by atoms with E-state index >= 15 is 0 Å². The Kier molecular flexibility index (Phi) is 8.58. The molecule has 2 nitrogen and oxygen atoms in total. The molecule has 0 fully saturated rings. The van der Waals surface area contributed by atoms with E-state index in [2.05, 4.69) is 13.8 Å². The maximum absolute atomic E-state index is 9.13. The summed E-state index contributed by atoms with van der Waals surface area (Å²) in [4.78, 5) is 0. The normalized spacial score (nSPS) is 15.6. The van der Waals surface area contributed by atoms with Crippen molar-refractivity contribution in [1.29, 1.82) is 0 Å². The second kappa shape index (κ2) is 8.43. The van der Waals surface area contributed by atoms with Gasteiger partial charge in [0.2, 0.25) is 0 Å². The molecule has 0 rings (SSSR count). The summed E-state index contributed by atoms with van der Waals surface area (Å²) in [5.74, 6) is 3.23.